The minimum absolute atomic E-state index is 0. The Hall–Kier alpha value is -3.41. The molecule has 1 aliphatic carbocycles. The Morgan fingerprint density at radius 3 is 2.76 bits per heavy atom. The van der Waals surface area contributed by atoms with E-state index in [2.05, 4.69) is 27.3 Å². The van der Waals surface area contributed by atoms with Crippen molar-refractivity contribution in [3.05, 3.63) is 53.0 Å². The molecule has 2 aliphatic rings. The molecule has 1 saturated carbocycles. The lowest BCUT2D eigenvalue weighted by atomic mass is 9.75. The third kappa shape index (κ3) is 10.0. The molecule has 1 fully saturated rings. The summed E-state index contributed by atoms with van der Waals surface area (Å²) in [5.41, 5.74) is 1.05. The lowest BCUT2D eigenvalue weighted by Crippen LogP contribution is -2.50. The van der Waals surface area contributed by atoms with Gasteiger partial charge >= 0.3 is 0 Å². The molecule has 10 nitrogen and oxygen atoms in total. The Balaban J connectivity index is 0.00000461. The summed E-state index contributed by atoms with van der Waals surface area (Å²) in [5.74, 6) is 1.05. The Morgan fingerprint density at radius 2 is 1.96 bits per heavy atom. The van der Waals surface area contributed by atoms with Gasteiger partial charge in [-0.2, -0.15) is 0 Å². The van der Waals surface area contributed by atoms with Crippen molar-refractivity contribution in [2.45, 2.75) is 51.4 Å². The number of nitrogens with zero attached hydrogens (tertiary/aromatic N) is 1. The van der Waals surface area contributed by atoms with Crippen molar-refractivity contribution in [2.24, 2.45) is 11.3 Å². The molecule has 12 heteroatoms. The number of aromatic nitrogens is 1. The Kier molecular flexibility index (Phi) is 12.8. The van der Waals surface area contributed by atoms with Crippen molar-refractivity contribution in [1.82, 2.24) is 26.3 Å². The number of thiazole rings is 1. The molecular formula is C33H44ClN5O5S. The Bertz CT molecular complexity index is 1410. The van der Waals surface area contributed by atoms with Gasteiger partial charge in [0.15, 0.2) is 18.1 Å². The molecule has 2 heterocycles. The number of ether oxygens (including phenoxy) is 2. The van der Waals surface area contributed by atoms with Crippen LogP contribution in [0.1, 0.15) is 49.1 Å². The molecule has 1 atom stereocenters. The zero-order valence-corrected chi connectivity index (χ0v) is 27.5. The van der Waals surface area contributed by atoms with Gasteiger partial charge < -0.3 is 30.7 Å². The number of halogens is 1. The summed E-state index contributed by atoms with van der Waals surface area (Å²) < 4.78 is 12.5. The van der Waals surface area contributed by atoms with Gasteiger partial charge in [0.05, 0.1) is 27.7 Å². The Morgan fingerprint density at radius 1 is 1.11 bits per heavy atom. The number of carbonyl (C=O) groups is 3. The van der Waals surface area contributed by atoms with Crippen LogP contribution < -0.4 is 30.7 Å². The summed E-state index contributed by atoms with van der Waals surface area (Å²) >= 11 is 1.69. The smallest absolute Gasteiger partial charge is 0.257 e. The van der Waals surface area contributed by atoms with E-state index >= 15 is 0 Å². The lowest BCUT2D eigenvalue weighted by molar-refractivity contribution is -0.132. The van der Waals surface area contributed by atoms with Crippen LogP contribution in [0.2, 0.25) is 0 Å². The second kappa shape index (κ2) is 16.8. The molecule has 3 aromatic rings. The molecule has 0 saturated heterocycles. The van der Waals surface area contributed by atoms with Gasteiger partial charge in [0.25, 0.3) is 5.91 Å². The zero-order chi connectivity index (χ0) is 30.8. The number of fused-ring (bicyclic) bond motifs is 3. The number of amides is 3. The zero-order valence-electron chi connectivity index (χ0n) is 25.8. The van der Waals surface area contributed by atoms with E-state index in [1.54, 1.807) is 24.5 Å². The first-order chi connectivity index (χ1) is 21.4. The monoisotopic (exact) mass is 657 g/mol. The number of hydrogen-bond donors (Lipinski definition) is 4. The average Bonchev–Trinajstić information content (AvgIpc) is 3.74. The van der Waals surface area contributed by atoms with Crippen molar-refractivity contribution in [3.8, 4) is 11.5 Å². The van der Waals surface area contributed by atoms with Crippen molar-refractivity contribution in [2.75, 3.05) is 46.4 Å². The molecule has 1 aromatic heterocycles. The minimum Gasteiger partial charge on any atom is -0.493 e. The van der Waals surface area contributed by atoms with Gasteiger partial charge in [-0.15, -0.1) is 23.7 Å². The van der Waals surface area contributed by atoms with E-state index in [1.807, 2.05) is 30.3 Å². The Labute approximate surface area is 274 Å². The quantitative estimate of drug-likeness (QED) is 0.271. The highest BCUT2D eigenvalue weighted by Gasteiger charge is 2.43. The molecule has 45 heavy (non-hydrogen) atoms. The van der Waals surface area contributed by atoms with Crippen molar-refractivity contribution >= 4 is 51.7 Å². The summed E-state index contributed by atoms with van der Waals surface area (Å²) in [7, 11) is 1.56. The van der Waals surface area contributed by atoms with Crippen LogP contribution in [0.4, 0.5) is 0 Å². The normalized spacial score (nSPS) is 20.0. The van der Waals surface area contributed by atoms with Crippen LogP contribution in [0.3, 0.4) is 0 Å². The van der Waals surface area contributed by atoms with Gasteiger partial charge in [-0.25, -0.2) is 4.98 Å². The molecule has 2 bridgehead atoms. The second-order valence-electron chi connectivity index (χ2n) is 11.8. The van der Waals surface area contributed by atoms with Crippen molar-refractivity contribution in [3.63, 3.8) is 0 Å². The summed E-state index contributed by atoms with van der Waals surface area (Å²) in [5, 5.41) is 13.5. The molecule has 0 radical (unpaired) electrons. The molecule has 2 aromatic carbocycles. The van der Waals surface area contributed by atoms with Gasteiger partial charge in [-0.3, -0.25) is 14.4 Å². The van der Waals surface area contributed by atoms with Gasteiger partial charge in [-0.1, -0.05) is 31.0 Å². The predicted octanol–water partition coefficient (Wildman–Crippen LogP) is 3.80. The number of hydrogen-bond acceptors (Lipinski definition) is 8. The summed E-state index contributed by atoms with van der Waals surface area (Å²) in [6, 6.07) is 13.7. The molecule has 244 valence electrons. The second-order valence-corrected chi connectivity index (χ2v) is 12.9. The third-order valence-electron chi connectivity index (χ3n) is 8.18. The maximum Gasteiger partial charge on any atom is 0.257 e. The minimum atomic E-state index is -0.834. The third-order valence-corrected chi connectivity index (χ3v) is 9.28. The standard InChI is InChI=1S/C33H43N5O5S.ClH/c1-42-26-13-12-24-18-27(26)43-21-30(40)35-17-16-34-14-4-8-29(39)37-22-33(20-24,19-23-10-11-23)32(41)36-15-5-9-31-38-25-6-2-3-7-28(25)44-31;/h2-3,6-7,12-13,18,23,34H,4-5,8-11,14-17,19-22H2,1H3,(H,35,40)(H,36,41)(H,37,39);1H. The lowest BCUT2D eigenvalue weighted by Gasteiger charge is -2.33. The maximum absolute atomic E-state index is 14.1. The van der Waals surface area contributed by atoms with E-state index in [-0.39, 0.29) is 43.3 Å². The number of rotatable bonds is 8. The first-order valence-electron chi connectivity index (χ1n) is 15.6. The maximum atomic E-state index is 14.1. The van der Waals surface area contributed by atoms with Crippen LogP contribution in [0, 0.1) is 11.3 Å². The largest absolute Gasteiger partial charge is 0.493 e. The number of carbonyl (C=O) groups excluding carboxylic acids is 3. The highest BCUT2D eigenvalue weighted by atomic mass is 35.5. The fourth-order valence-corrected chi connectivity index (χ4v) is 6.67. The van der Waals surface area contributed by atoms with E-state index in [1.165, 1.54) is 4.70 Å². The molecule has 1 unspecified atom stereocenters. The number of nitrogens with one attached hydrogen (secondary N) is 4. The molecular weight excluding hydrogens is 614 g/mol. The highest BCUT2D eigenvalue weighted by Crippen LogP contribution is 2.43. The van der Waals surface area contributed by atoms with Gasteiger partial charge in [-0.05, 0) is 68.0 Å². The SMILES string of the molecule is COc1ccc2cc1OCC(=O)NCCNCCCC(=O)NCC(CC1CC1)(C(=O)NCCCc1nc3ccccc3s1)C2.Cl. The van der Waals surface area contributed by atoms with Crippen LogP contribution in [0.25, 0.3) is 10.2 Å². The summed E-state index contributed by atoms with van der Waals surface area (Å²) in [4.78, 5) is 44.2. The van der Waals surface area contributed by atoms with Gasteiger partial charge in [0, 0.05) is 39.0 Å². The van der Waals surface area contributed by atoms with Crippen LogP contribution in [0.5, 0.6) is 11.5 Å². The van der Waals surface area contributed by atoms with E-state index < -0.39 is 5.41 Å². The predicted molar refractivity (Wildman–Crippen MR) is 178 cm³/mol. The van der Waals surface area contributed by atoms with E-state index in [9.17, 15) is 14.4 Å². The fourth-order valence-electron chi connectivity index (χ4n) is 5.66. The number of aryl methyl sites for hydroxylation is 1. The molecule has 3 amide bonds. The average molecular weight is 658 g/mol. The van der Waals surface area contributed by atoms with Crippen molar-refractivity contribution in [1.29, 1.82) is 0 Å². The summed E-state index contributed by atoms with van der Waals surface area (Å²) in [6.45, 7) is 2.35. The van der Waals surface area contributed by atoms with Crippen LogP contribution in [-0.4, -0.2) is 69.1 Å². The number of benzene rings is 2. The van der Waals surface area contributed by atoms with Crippen molar-refractivity contribution < 1.29 is 23.9 Å². The molecule has 1 aliphatic heterocycles. The molecule has 0 spiro atoms. The first-order valence-corrected chi connectivity index (χ1v) is 16.4. The van der Waals surface area contributed by atoms with Gasteiger partial charge in [0.1, 0.15) is 0 Å². The van der Waals surface area contributed by atoms with E-state index in [0.717, 1.165) is 41.8 Å². The topological polar surface area (TPSA) is 131 Å². The highest BCUT2D eigenvalue weighted by molar-refractivity contribution is 7.18. The van der Waals surface area contributed by atoms with Gasteiger partial charge in [0.2, 0.25) is 11.8 Å². The van der Waals surface area contributed by atoms with Crippen LogP contribution >= 0.6 is 23.7 Å². The number of para-hydroxylation sites is 1. The van der Waals surface area contributed by atoms with E-state index in [0.29, 0.717) is 69.3 Å². The van der Waals surface area contributed by atoms with Crippen LogP contribution in [-0.2, 0) is 27.2 Å². The molecule has 5 rings (SSSR count). The first kappa shape index (κ1) is 34.5. The molecule has 4 N–H and O–H groups in total. The van der Waals surface area contributed by atoms with Crippen LogP contribution in [0.15, 0.2) is 42.5 Å². The number of methoxy groups -OCH3 is 1. The summed E-state index contributed by atoms with van der Waals surface area (Å²) in [6.07, 6.45) is 5.85. The fraction of sp³-hybridized carbons (Fsp3) is 0.515. The van der Waals surface area contributed by atoms with E-state index in [4.69, 9.17) is 14.5 Å².